The van der Waals surface area contributed by atoms with Gasteiger partial charge in [-0.05, 0) is 18.2 Å². The van der Waals surface area contributed by atoms with Crippen LogP contribution in [0.25, 0.3) is 0 Å². The number of amides is 3. The van der Waals surface area contributed by atoms with E-state index in [1.54, 1.807) is 18.2 Å². The van der Waals surface area contributed by atoms with Gasteiger partial charge in [0.2, 0.25) is 0 Å². The van der Waals surface area contributed by atoms with Gasteiger partial charge in [0.05, 0.1) is 14.2 Å². The fourth-order valence-corrected chi connectivity index (χ4v) is 2.28. The summed E-state index contributed by atoms with van der Waals surface area (Å²) in [4.78, 5) is 25.2. The van der Waals surface area contributed by atoms with E-state index < -0.39 is 17.5 Å². The molecule has 1 atom stereocenters. The summed E-state index contributed by atoms with van der Waals surface area (Å²) in [6.45, 7) is -0.0779. The molecule has 1 aliphatic heterocycles. The molecule has 20 heavy (non-hydrogen) atoms. The van der Waals surface area contributed by atoms with E-state index in [2.05, 4.69) is 5.32 Å². The van der Waals surface area contributed by atoms with Gasteiger partial charge in [0.15, 0.2) is 5.54 Å². The van der Waals surface area contributed by atoms with E-state index in [-0.39, 0.29) is 6.54 Å². The fraction of sp³-hybridized carbons (Fsp3) is 0.385. The van der Waals surface area contributed by atoms with Crippen molar-refractivity contribution in [1.82, 2.24) is 10.2 Å². The van der Waals surface area contributed by atoms with E-state index in [0.717, 1.165) is 4.90 Å². The average molecular weight is 279 g/mol. The highest BCUT2D eigenvalue weighted by Gasteiger charge is 2.51. The molecule has 3 amide bonds. The van der Waals surface area contributed by atoms with Crippen molar-refractivity contribution in [1.29, 1.82) is 0 Å². The lowest BCUT2D eigenvalue weighted by Gasteiger charge is -2.27. The number of nitrogens with zero attached hydrogens (tertiary/aromatic N) is 1. The molecule has 2 rings (SSSR count). The van der Waals surface area contributed by atoms with Crippen LogP contribution >= 0.6 is 0 Å². The van der Waals surface area contributed by atoms with Crippen molar-refractivity contribution in [2.45, 2.75) is 5.54 Å². The molecule has 0 radical (unpaired) electrons. The molecule has 0 aliphatic carbocycles. The first-order valence-corrected chi connectivity index (χ1v) is 6.03. The number of nitrogens with two attached hydrogens (primary N) is 1. The lowest BCUT2D eigenvalue weighted by molar-refractivity contribution is -0.130. The predicted molar refractivity (Wildman–Crippen MR) is 71.6 cm³/mol. The second-order valence-corrected chi connectivity index (χ2v) is 4.47. The maximum atomic E-state index is 12.4. The van der Waals surface area contributed by atoms with Crippen LogP contribution in [0.3, 0.4) is 0 Å². The molecule has 0 bridgehead atoms. The third kappa shape index (κ3) is 1.87. The van der Waals surface area contributed by atoms with Crippen molar-refractivity contribution in [3.05, 3.63) is 23.8 Å². The molecule has 1 fully saturated rings. The van der Waals surface area contributed by atoms with Crippen LogP contribution < -0.4 is 20.5 Å². The number of ether oxygens (including phenoxy) is 2. The van der Waals surface area contributed by atoms with E-state index in [1.165, 1.54) is 21.3 Å². The monoisotopic (exact) mass is 279 g/mol. The minimum absolute atomic E-state index is 0.0779. The normalized spacial score (nSPS) is 21.9. The lowest BCUT2D eigenvalue weighted by Crippen LogP contribution is -2.50. The SMILES string of the molecule is COc1ccc(OC)c(C2(CN)NC(=O)N(C)C2=O)c1. The first-order chi connectivity index (χ1) is 9.50. The number of hydrogen-bond donors (Lipinski definition) is 2. The smallest absolute Gasteiger partial charge is 0.325 e. The molecule has 3 N–H and O–H groups in total. The van der Waals surface area contributed by atoms with Gasteiger partial charge in [-0.3, -0.25) is 9.69 Å². The number of likely N-dealkylation sites (N-methyl/N-ethyl adjacent to an activating group) is 1. The average Bonchev–Trinajstić information content (AvgIpc) is 2.71. The Kier molecular flexibility index (Phi) is 3.54. The number of rotatable bonds is 4. The molecule has 108 valence electrons. The Hall–Kier alpha value is -2.28. The molecule has 1 unspecified atom stereocenters. The van der Waals surface area contributed by atoms with Crippen molar-refractivity contribution in [3.8, 4) is 11.5 Å². The van der Waals surface area contributed by atoms with Crippen LogP contribution in [-0.4, -0.2) is 44.7 Å². The van der Waals surface area contributed by atoms with Gasteiger partial charge in [-0.15, -0.1) is 0 Å². The quantitative estimate of drug-likeness (QED) is 0.759. The zero-order valence-corrected chi connectivity index (χ0v) is 11.6. The van der Waals surface area contributed by atoms with E-state index >= 15 is 0 Å². The molecule has 0 spiro atoms. The Balaban J connectivity index is 2.63. The Bertz CT molecular complexity index is 561. The first-order valence-electron chi connectivity index (χ1n) is 6.03. The molecule has 1 saturated heterocycles. The fourth-order valence-electron chi connectivity index (χ4n) is 2.28. The summed E-state index contributed by atoms with van der Waals surface area (Å²) in [5, 5.41) is 2.64. The maximum Gasteiger partial charge on any atom is 0.325 e. The van der Waals surface area contributed by atoms with Gasteiger partial charge in [-0.2, -0.15) is 0 Å². The Morgan fingerprint density at radius 1 is 1.30 bits per heavy atom. The summed E-state index contributed by atoms with van der Waals surface area (Å²) in [6, 6.07) is 4.52. The van der Waals surface area contributed by atoms with Crippen molar-refractivity contribution >= 4 is 11.9 Å². The number of carbonyl (C=O) groups is 2. The predicted octanol–water partition coefficient (Wildman–Crippen LogP) is 0.0394. The van der Waals surface area contributed by atoms with E-state index in [1.807, 2.05) is 0 Å². The number of urea groups is 1. The molecule has 0 saturated carbocycles. The number of carbonyl (C=O) groups excluding carboxylic acids is 2. The largest absolute Gasteiger partial charge is 0.497 e. The highest BCUT2D eigenvalue weighted by atomic mass is 16.5. The van der Waals surface area contributed by atoms with Crippen LogP contribution in [0.5, 0.6) is 11.5 Å². The second kappa shape index (κ2) is 5.01. The molecule has 1 aromatic carbocycles. The number of nitrogens with one attached hydrogen (secondary N) is 1. The Morgan fingerprint density at radius 3 is 2.45 bits per heavy atom. The van der Waals surface area contributed by atoms with Crippen molar-refractivity contribution < 1.29 is 19.1 Å². The first kappa shape index (κ1) is 14.1. The van der Waals surface area contributed by atoms with Crippen LogP contribution in [0.4, 0.5) is 4.79 Å². The zero-order valence-electron chi connectivity index (χ0n) is 11.6. The Morgan fingerprint density at radius 2 is 2.00 bits per heavy atom. The maximum absolute atomic E-state index is 12.4. The molecule has 7 heteroatoms. The third-order valence-corrected chi connectivity index (χ3v) is 3.47. The van der Waals surface area contributed by atoms with Gasteiger partial charge in [-0.1, -0.05) is 0 Å². The molecule has 0 aromatic heterocycles. The van der Waals surface area contributed by atoms with Crippen LogP contribution in [0.1, 0.15) is 5.56 Å². The van der Waals surface area contributed by atoms with Crippen molar-refractivity contribution in [2.75, 3.05) is 27.8 Å². The number of benzene rings is 1. The second-order valence-electron chi connectivity index (χ2n) is 4.47. The van der Waals surface area contributed by atoms with Crippen LogP contribution in [0.2, 0.25) is 0 Å². The van der Waals surface area contributed by atoms with Gasteiger partial charge in [0.1, 0.15) is 11.5 Å². The summed E-state index contributed by atoms with van der Waals surface area (Å²) < 4.78 is 10.4. The molecule has 1 aromatic rings. The van der Waals surface area contributed by atoms with Gasteiger partial charge < -0.3 is 20.5 Å². The standard InChI is InChI=1S/C13H17N3O4/c1-16-11(17)13(7-14,15-12(16)18)9-6-8(19-2)4-5-10(9)20-3/h4-6H,7,14H2,1-3H3,(H,15,18). The molecular formula is C13H17N3O4. The minimum atomic E-state index is -1.33. The molecule has 1 heterocycles. The van der Waals surface area contributed by atoms with E-state index in [0.29, 0.717) is 17.1 Å². The summed E-state index contributed by atoms with van der Waals surface area (Å²) >= 11 is 0. The highest BCUT2D eigenvalue weighted by molar-refractivity contribution is 6.07. The number of hydrogen-bond acceptors (Lipinski definition) is 5. The number of imide groups is 1. The van der Waals surface area contributed by atoms with Crippen LogP contribution in [-0.2, 0) is 10.3 Å². The van der Waals surface area contributed by atoms with Gasteiger partial charge in [-0.25, -0.2) is 4.79 Å². The molecule has 1 aliphatic rings. The Labute approximate surface area is 116 Å². The summed E-state index contributed by atoms with van der Waals surface area (Å²) in [6.07, 6.45) is 0. The van der Waals surface area contributed by atoms with Crippen molar-refractivity contribution in [3.63, 3.8) is 0 Å². The zero-order chi connectivity index (χ0) is 14.9. The van der Waals surface area contributed by atoms with Gasteiger partial charge in [0.25, 0.3) is 5.91 Å². The number of methoxy groups -OCH3 is 2. The van der Waals surface area contributed by atoms with Crippen molar-refractivity contribution in [2.24, 2.45) is 5.73 Å². The summed E-state index contributed by atoms with van der Waals surface area (Å²) in [7, 11) is 4.41. The van der Waals surface area contributed by atoms with Gasteiger partial charge in [0, 0.05) is 19.2 Å². The van der Waals surface area contributed by atoms with Crippen LogP contribution in [0.15, 0.2) is 18.2 Å². The minimum Gasteiger partial charge on any atom is -0.497 e. The molecule has 7 nitrogen and oxygen atoms in total. The molecular weight excluding hydrogens is 262 g/mol. The third-order valence-electron chi connectivity index (χ3n) is 3.47. The van der Waals surface area contributed by atoms with E-state index in [9.17, 15) is 9.59 Å². The highest BCUT2D eigenvalue weighted by Crippen LogP contribution is 2.36. The summed E-state index contributed by atoms with van der Waals surface area (Å²) in [5.74, 6) is 0.585. The summed E-state index contributed by atoms with van der Waals surface area (Å²) in [5.41, 5.74) is 4.92. The topological polar surface area (TPSA) is 93.9 Å². The van der Waals surface area contributed by atoms with E-state index in [4.69, 9.17) is 15.2 Å². The lowest BCUT2D eigenvalue weighted by atomic mass is 9.88. The van der Waals surface area contributed by atoms with Gasteiger partial charge >= 0.3 is 6.03 Å². The van der Waals surface area contributed by atoms with Crippen LogP contribution in [0, 0.1) is 0 Å².